The quantitative estimate of drug-likeness (QED) is 0.836. The molecule has 20 heavy (non-hydrogen) atoms. The third kappa shape index (κ3) is 2.60. The van der Waals surface area contributed by atoms with Crippen LogP contribution in [0.3, 0.4) is 0 Å². The van der Waals surface area contributed by atoms with Crippen LogP contribution in [0.25, 0.3) is 0 Å². The van der Waals surface area contributed by atoms with E-state index in [2.05, 4.69) is 56.9 Å². The Morgan fingerprint density at radius 3 is 2.20 bits per heavy atom. The van der Waals surface area contributed by atoms with E-state index in [0.29, 0.717) is 17.7 Å². The highest BCUT2D eigenvalue weighted by Gasteiger charge is 2.48. The van der Waals surface area contributed by atoms with E-state index in [0.717, 1.165) is 6.54 Å². The lowest BCUT2D eigenvalue weighted by atomic mass is 9.75. The van der Waals surface area contributed by atoms with E-state index >= 15 is 0 Å². The molecule has 2 rings (SSSR count). The van der Waals surface area contributed by atoms with Crippen LogP contribution in [-0.4, -0.2) is 54.1 Å². The van der Waals surface area contributed by atoms with Gasteiger partial charge in [0, 0.05) is 12.1 Å². The van der Waals surface area contributed by atoms with E-state index in [9.17, 15) is 4.79 Å². The van der Waals surface area contributed by atoms with E-state index in [4.69, 9.17) is 0 Å². The summed E-state index contributed by atoms with van der Waals surface area (Å²) >= 11 is 0. The fourth-order valence-electron chi connectivity index (χ4n) is 3.52. The topological polar surface area (TPSA) is 35.6 Å². The predicted octanol–water partition coefficient (Wildman–Crippen LogP) is 1.91. The van der Waals surface area contributed by atoms with Gasteiger partial charge in [-0.3, -0.25) is 10.1 Å². The van der Waals surface area contributed by atoms with Gasteiger partial charge in [-0.2, -0.15) is 0 Å². The van der Waals surface area contributed by atoms with Crippen LogP contribution in [-0.2, 0) is 4.79 Å². The van der Waals surface area contributed by atoms with Crippen molar-refractivity contribution in [1.82, 2.24) is 15.1 Å². The highest BCUT2D eigenvalue weighted by Crippen LogP contribution is 2.38. The van der Waals surface area contributed by atoms with E-state index in [1.54, 1.807) is 0 Å². The van der Waals surface area contributed by atoms with Gasteiger partial charge in [-0.25, -0.2) is 0 Å². The summed E-state index contributed by atoms with van der Waals surface area (Å²) in [5.41, 5.74) is 0.205. The summed E-state index contributed by atoms with van der Waals surface area (Å²) in [5, 5.41) is 3.56. The molecule has 4 nitrogen and oxygen atoms in total. The van der Waals surface area contributed by atoms with Gasteiger partial charge in [-0.15, -0.1) is 0 Å². The van der Waals surface area contributed by atoms with Crippen LogP contribution < -0.4 is 5.32 Å². The third-order valence-corrected chi connectivity index (χ3v) is 5.23. The van der Waals surface area contributed by atoms with Crippen LogP contribution in [0.5, 0.6) is 0 Å². The van der Waals surface area contributed by atoms with Crippen molar-refractivity contribution in [1.29, 1.82) is 0 Å². The first-order valence-electron chi connectivity index (χ1n) is 8.02. The number of nitrogens with one attached hydrogen (secondary N) is 1. The van der Waals surface area contributed by atoms with Crippen LogP contribution in [0, 0.1) is 11.8 Å². The second-order valence-corrected chi connectivity index (χ2v) is 7.52. The van der Waals surface area contributed by atoms with Gasteiger partial charge in [-0.1, -0.05) is 27.7 Å². The van der Waals surface area contributed by atoms with Crippen molar-refractivity contribution < 1.29 is 4.79 Å². The molecule has 2 fully saturated rings. The molecule has 1 heterocycles. The average Bonchev–Trinajstić information content (AvgIpc) is 2.60. The largest absolute Gasteiger partial charge is 0.324 e. The number of nitrogens with zero attached hydrogens (tertiary/aromatic N) is 2. The van der Waals surface area contributed by atoms with Gasteiger partial charge in [0.15, 0.2) is 0 Å². The molecule has 116 valence electrons. The number of rotatable bonds is 5. The molecule has 4 heteroatoms. The Balaban J connectivity index is 2.17. The molecular formula is C16H31N3O. The van der Waals surface area contributed by atoms with Crippen molar-refractivity contribution >= 4 is 5.91 Å². The van der Waals surface area contributed by atoms with Crippen molar-refractivity contribution in [3.05, 3.63) is 0 Å². The molecule has 0 aromatic carbocycles. The van der Waals surface area contributed by atoms with Crippen molar-refractivity contribution in [3.63, 3.8) is 0 Å². The van der Waals surface area contributed by atoms with Crippen LogP contribution in [0.2, 0.25) is 0 Å². The van der Waals surface area contributed by atoms with Crippen LogP contribution in [0.15, 0.2) is 0 Å². The smallest absolute Gasteiger partial charge is 0.241 e. The molecule has 0 radical (unpaired) electrons. The minimum absolute atomic E-state index is 0.0123. The second-order valence-electron chi connectivity index (χ2n) is 7.52. The first-order valence-corrected chi connectivity index (χ1v) is 8.02. The number of carbonyl (C=O) groups excluding carboxylic acids is 1. The minimum Gasteiger partial charge on any atom is -0.324 e. The Hall–Kier alpha value is -0.610. The van der Waals surface area contributed by atoms with Crippen LogP contribution in [0.1, 0.15) is 47.0 Å². The lowest BCUT2D eigenvalue weighted by Crippen LogP contribution is -2.59. The van der Waals surface area contributed by atoms with Gasteiger partial charge in [0.05, 0.1) is 12.2 Å². The maximum absolute atomic E-state index is 12.7. The minimum atomic E-state index is -0.0123. The van der Waals surface area contributed by atoms with E-state index in [1.165, 1.54) is 19.3 Å². The Bertz CT molecular complexity index is 361. The lowest BCUT2D eigenvalue weighted by Gasteiger charge is -2.50. The maximum Gasteiger partial charge on any atom is 0.241 e. The molecule has 1 amide bonds. The lowest BCUT2D eigenvalue weighted by molar-refractivity contribution is -0.134. The standard InChI is InChI=1S/C16H31N3O/c1-11(2)13-15(20)19(14(17-13)12(3)4)10-16(18(5)6)8-7-9-16/h11-14,17H,7-10H2,1-6H3. The van der Waals surface area contributed by atoms with Gasteiger partial charge >= 0.3 is 0 Å². The SMILES string of the molecule is CC(C)C1NC(C(C)C)N(CC2(N(C)C)CCC2)C1=O. The Labute approximate surface area is 123 Å². The van der Waals surface area contributed by atoms with Crippen molar-refractivity contribution in [2.75, 3.05) is 20.6 Å². The van der Waals surface area contributed by atoms with Gasteiger partial charge < -0.3 is 9.80 Å². The van der Waals surface area contributed by atoms with Gasteiger partial charge in [-0.05, 0) is 45.2 Å². The third-order valence-electron chi connectivity index (χ3n) is 5.23. The van der Waals surface area contributed by atoms with Gasteiger partial charge in [0.1, 0.15) is 0 Å². The van der Waals surface area contributed by atoms with E-state index in [-0.39, 0.29) is 17.7 Å². The number of carbonyl (C=O) groups is 1. The Morgan fingerprint density at radius 1 is 1.25 bits per heavy atom. The van der Waals surface area contributed by atoms with Crippen molar-refractivity contribution in [2.45, 2.75) is 64.7 Å². The van der Waals surface area contributed by atoms with Crippen molar-refractivity contribution in [3.8, 4) is 0 Å². The summed E-state index contributed by atoms with van der Waals surface area (Å²) in [7, 11) is 4.30. The highest BCUT2D eigenvalue weighted by atomic mass is 16.2. The van der Waals surface area contributed by atoms with Crippen molar-refractivity contribution in [2.24, 2.45) is 11.8 Å². The van der Waals surface area contributed by atoms with Crippen LogP contribution in [0.4, 0.5) is 0 Å². The number of likely N-dealkylation sites (N-methyl/N-ethyl adjacent to an activating group) is 1. The molecule has 2 aliphatic rings. The van der Waals surface area contributed by atoms with E-state index < -0.39 is 0 Å². The monoisotopic (exact) mass is 281 g/mol. The summed E-state index contributed by atoms with van der Waals surface area (Å²) in [6.07, 6.45) is 3.89. The maximum atomic E-state index is 12.7. The molecule has 1 aliphatic heterocycles. The molecule has 1 N–H and O–H groups in total. The molecule has 1 saturated carbocycles. The van der Waals surface area contributed by atoms with Gasteiger partial charge in [0.25, 0.3) is 0 Å². The number of hydrogen-bond acceptors (Lipinski definition) is 3. The molecule has 0 aromatic rings. The highest BCUT2D eigenvalue weighted by molar-refractivity contribution is 5.84. The zero-order valence-electron chi connectivity index (χ0n) is 13.9. The number of amides is 1. The van der Waals surface area contributed by atoms with Crippen LogP contribution >= 0.6 is 0 Å². The molecule has 2 atom stereocenters. The fraction of sp³-hybridized carbons (Fsp3) is 0.938. The normalized spacial score (nSPS) is 29.6. The number of hydrogen-bond donors (Lipinski definition) is 1. The molecule has 1 saturated heterocycles. The summed E-state index contributed by atoms with van der Waals surface area (Å²) in [6, 6.07) is -0.0123. The van der Waals surface area contributed by atoms with E-state index in [1.807, 2.05) is 0 Å². The average molecular weight is 281 g/mol. The molecule has 1 aliphatic carbocycles. The first-order chi connectivity index (χ1) is 9.28. The second kappa shape index (κ2) is 5.64. The summed E-state index contributed by atoms with van der Waals surface area (Å²) in [5.74, 6) is 1.10. The Kier molecular flexibility index (Phi) is 4.45. The molecular weight excluding hydrogens is 250 g/mol. The predicted molar refractivity (Wildman–Crippen MR) is 82.4 cm³/mol. The fourth-order valence-corrected chi connectivity index (χ4v) is 3.52. The zero-order chi connectivity index (χ0) is 15.1. The zero-order valence-corrected chi connectivity index (χ0v) is 13.9. The summed E-state index contributed by atoms with van der Waals surface area (Å²) in [6.45, 7) is 9.52. The Morgan fingerprint density at radius 2 is 1.85 bits per heavy atom. The molecule has 2 unspecified atom stereocenters. The molecule has 0 bridgehead atoms. The summed E-state index contributed by atoms with van der Waals surface area (Å²) in [4.78, 5) is 17.2. The molecule has 0 aromatic heterocycles. The first kappa shape index (κ1) is 15.8. The molecule has 0 spiro atoms. The van der Waals surface area contributed by atoms with Gasteiger partial charge in [0.2, 0.25) is 5.91 Å². The summed E-state index contributed by atoms with van der Waals surface area (Å²) < 4.78 is 0.